The van der Waals surface area contributed by atoms with E-state index in [1.165, 1.54) is 19.2 Å². The van der Waals surface area contributed by atoms with Crippen molar-refractivity contribution in [2.24, 2.45) is 0 Å². The zero-order valence-corrected chi connectivity index (χ0v) is 13.6. The van der Waals surface area contributed by atoms with Gasteiger partial charge in [0.05, 0.1) is 0 Å². The molecule has 0 atom stereocenters. The number of carbonyl (C=O) groups is 2. The number of amides is 1. The average molecular weight is 332 g/mol. The van der Waals surface area contributed by atoms with Crippen LogP contribution in [0.25, 0.3) is 0 Å². The summed E-state index contributed by atoms with van der Waals surface area (Å²) in [6, 6.07) is 17.7. The van der Waals surface area contributed by atoms with E-state index in [9.17, 15) is 9.59 Å². The van der Waals surface area contributed by atoms with Gasteiger partial charge in [-0.1, -0.05) is 18.2 Å². The highest BCUT2D eigenvalue weighted by atomic mass is 16.2. The molecule has 1 heterocycles. The molecule has 0 saturated carbocycles. The molecular weight excluding hydrogens is 316 g/mol. The summed E-state index contributed by atoms with van der Waals surface area (Å²) in [5.41, 5.74) is 2.25. The standard InChI is InChI=1S/C19H16N4O2/c1-13(24)14-7-9-16(10-8-14)21-18(25)17-11-12-20-19(23-17)22-15-5-3-2-4-6-15/h2-12H,1H3,(H,21,25)(H,20,22,23). The van der Waals surface area contributed by atoms with Gasteiger partial charge in [0, 0.05) is 23.1 Å². The fourth-order valence-electron chi connectivity index (χ4n) is 2.18. The molecule has 0 saturated heterocycles. The van der Waals surface area contributed by atoms with E-state index >= 15 is 0 Å². The van der Waals surface area contributed by atoms with Crippen LogP contribution in [0.4, 0.5) is 17.3 Å². The van der Waals surface area contributed by atoms with Crippen LogP contribution in [0, 0.1) is 0 Å². The molecule has 0 aliphatic carbocycles. The molecule has 3 rings (SSSR count). The molecule has 6 heteroatoms. The summed E-state index contributed by atoms with van der Waals surface area (Å²) in [5, 5.41) is 5.79. The highest BCUT2D eigenvalue weighted by Gasteiger charge is 2.10. The van der Waals surface area contributed by atoms with E-state index in [-0.39, 0.29) is 17.4 Å². The van der Waals surface area contributed by atoms with Crippen LogP contribution in [0.15, 0.2) is 66.9 Å². The van der Waals surface area contributed by atoms with Gasteiger partial charge in [-0.05, 0) is 49.4 Å². The maximum absolute atomic E-state index is 12.3. The summed E-state index contributed by atoms with van der Waals surface area (Å²) in [6.07, 6.45) is 1.52. The Morgan fingerprint density at radius 3 is 2.28 bits per heavy atom. The number of hydrogen-bond acceptors (Lipinski definition) is 5. The molecule has 0 aliphatic rings. The van der Waals surface area contributed by atoms with Gasteiger partial charge in [0.25, 0.3) is 5.91 Å². The van der Waals surface area contributed by atoms with Crippen LogP contribution in [-0.4, -0.2) is 21.7 Å². The number of nitrogens with zero attached hydrogens (tertiary/aromatic N) is 2. The smallest absolute Gasteiger partial charge is 0.274 e. The van der Waals surface area contributed by atoms with Gasteiger partial charge in [0.1, 0.15) is 5.69 Å². The minimum Gasteiger partial charge on any atom is -0.324 e. The van der Waals surface area contributed by atoms with Crippen molar-refractivity contribution in [3.8, 4) is 0 Å². The van der Waals surface area contributed by atoms with Crippen LogP contribution in [0.3, 0.4) is 0 Å². The SMILES string of the molecule is CC(=O)c1ccc(NC(=O)c2ccnc(Nc3ccccc3)n2)cc1. The van der Waals surface area contributed by atoms with Crippen LogP contribution < -0.4 is 10.6 Å². The van der Waals surface area contributed by atoms with Gasteiger partial charge in [-0.3, -0.25) is 9.59 Å². The summed E-state index contributed by atoms with van der Waals surface area (Å²) in [5.74, 6) is -0.0369. The molecule has 2 N–H and O–H groups in total. The highest BCUT2D eigenvalue weighted by molar-refractivity contribution is 6.03. The summed E-state index contributed by atoms with van der Waals surface area (Å²) in [7, 11) is 0. The summed E-state index contributed by atoms with van der Waals surface area (Å²) in [4.78, 5) is 32.0. The first-order valence-electron chi connectivity index (χ1n) is 7.69. The van der Waals surface area contributed by atoms with Crippen molar-refractivity contribution in [3.63, 3.8) is 0 Å². The van der Waals surface area contributed by atoms with Crippen molar-refractivity contribution in [3.05, 3.63) is 78.1 Å². The molecule has 6 nitrogen and oxygen atoms in total. The van der Waals surface area contributed by atoms with Crippen LogP contribution in [0.1, 0.15) is 27.8 Å². The Bertz CT molecular complexity index is 893. The van der Waals surface area contributed by atoms with Gasteiger partial charge < -0.3 is 10.6 Å². The lowest BCUT2D eigenvalue weighted by Gasteiger charge is -2.07. The van der Waals surface area contributed by atoms with Crippen molar-refractivity contribution in [1.82, 2.24) is 9.97 Å². The van der Waals surface area contributed by atoms with Crippen LogP contribution >= 0.6 is 0 Å². The fraction of sp³-hybridized carbons (Fsp3) is 0.0526. The number of hydrogen-bond donors (Lipinski definition) is 2. The molecule has 0 bridgehead atoms. The number of rotatable bonds is 5. The van der Waals surface area contributed by atoms with E-state index in [0.717, 1.165) is 5.69 Å². The van der Waals surface area contributed by atoms with Crippen molar-refractivity contribution < 1.29 is 9.59 Å². The maximum atomic E-state index is 12.3. The van der Waals surface area contributed by atoms with Crippen LogP contribution in [0.5, 0.6) is 0 Å². The molecule has 0 radical (unpaired) electrons. The Kier molecular flexibility index (Phi) is 4.80. The number of Topliss-reactive ketones (excluding diaryl/α,β-unsaturated/α-hetero) is 1. The Balaban J connectivity index is 1.71. The largest absolute Gasteiger partial charge is 0.324 e. The Labute approximate surface area is 145 Å². The van der Waals surface area contributed by atoms with Crippen molar-refractivity contribution in [2.75, 3.05) is 10.6 Å². The van der Waals surface area contributed by atoms with Crippen LogP contribution in [0.2, 0.25) is 0 Å². The van der Waals surface area contributed by atoms with E-state index in [0.29, 0.717) is 17.2 Å². The first-order valence-corrected chi connectivity index (χ1v) is 7.69. The van der Waals surface area contributed by atoms with Gasteiger partial charge >= 0.3 is 0 Å². The first-order chi connectivity index (χ1) is 12.1. The maximum Gasteiger partial charge on any atom is 0.274 e. The third kappa shape index (κ3) is 4.26. The zero-order valence-electron chi connectivity index (χ0n) is 13.6. The van der Waals surface area contributed by atoms with E-state index in [4.69, 9.17) is 0 Å². The Hall–Kier alpha value is -3.54. The molecule has 3 aromatic rings. The molecule has 25 heavy (non-hydrogen) atoms. The van der Waals surface area contributed by atoms with Crippen molar-refractivity contribution >= 4 is 29.0 Å². The molecule has 0 fully saturated rings. The highest BCUT2D eigenvalue weighted by Crippen LogP contribution is 2.14. The summed E-state index contributed by atoms with van der Waals surface area (Å²) >= 11 is 0. The molecular formula is C19H16N4O2. The first kappa shape index (κ1) is 16.3. The Morgan fingerprint density at radius 1 is 0.880 bits per heavy atom. The monoisotopic (exact) mass is 332 g/mol. The quantitative estimate of drug-likeness (QED) is 0.696. The topological polar surface area (TPSA) is 84.0 Å². The second kappa shape index (κ2) is 7.35. The number of aromatic nitrogens is 2. The molecule has 1 amide bonds. The van der Waals surface area contributed by atoms with E-state index in [1.807, 2.05) is 30.3 Å². The summed E-state index contributed by atoms with van der Waals surface area (Å²) < 4.78 is 0. The number of benzene rings is 2. The minimum absolute atomic E-state index is 0.0229. The van der Waals surface area contributed by atoms with Crippen LogP contribution in [-0.2, 0) is 0 Å². The zero-order chi connectivity index (χ0) is 17.6. The Morgan fingerprint density at radius 2 is 1.60 bits per heavy atom. The summed E-state index contributed by atoms with van der Waals surface area (Å²) in [6.45, 7) is 1.50. The van der Waals surface area contributed by atoms with Gasteiger partial charge in [0.2, 0.25) is 5.95 Å². The lowest BCUT2D eigenvalue weighted by atomic mass is 10.1. The lowest BCUT2D eigenvalue weighted by molar-refractivity contribution is 0.101. The number of carbonyl (C=O) groups excluding carboxylic acids is 2. The molecule has 0 spiro atoms. The second-order valence-corrected chi connectivity index (χ2v) is 5.34. The molecule has 2 aromatic carbocycles. The fourth-order valence-corrected chi connectivity index (χ4v) is 2.18. The number of ketones is 1. The number of nitrogens with one attached hydrogen (secondary N) is 2. The van der Waals surface area contributed by atoms with Gasteiger partial charge in [-0.2, -0.15) is 0 Å². The molecule has 1 aromatic heterocycles. The predicted octanol–water partition coefficient (Wildman–Crippen LogP) is 3.68. The predicted molar refractivity (Wildman–Crippen MR) is 96.2 cm³/mol. The molecule has 0 aliphatic heterocycles. The number of anilines is 3. The normalized spacial score (nSPS) is 10.1. The van der Waals surface area contributed by atoms with Crippen molar-refractivity contribution in [2.45, 2.75) is 6.92 Å². The number of para-hydroxylation sites is 1. The van der Waals surface area contributed by atoms with Gasteiger partial charge in [0.15, 0.2) is 5.78 Å². The minimum atomic E-state index is -0.353. The third-order valence-corrected chi connectivity index (χ3v) is 3.47. The third-order valence-electron chi connectivity index (χ3n) is 3.47. The van der Waals surface area contributed by atoms with Gasteiger partial charge in [-0.25, -0.2) is 9.97 Å². The molecule has 124 valence electrons. The van der Waals surface area contributed by atoms with Gasteiger partial charge in [-0.15, -0.1) is 0 Å². The van der Waals surface area contributed by atoms with E-state index in [2.05, 4.69) is 20.6 Å². The second-order valence-electron chi connectivity index (χ2n) is 5.34. The van der Waals surface area contributed by atoms with E-state index < -0.39 is 0 Å². The molecule has 0 unspecified atom stereocenters. The average Bonchev–Trinajstić information content (AvgIpc) is 2.63. The lowest BCUT2D eigenvalue weighted by Crippen LogP contribution is -2.14. The van der Waals surface area contributed by atoms with Crippen molar-refractivity contribution in [1.29, 1.82) is 0 Å². The van der Waals surface area contributed by atoms with E-state index in [1.54, 1.807) is 24.3 Å².